The third-order valence-electron chi connectivity index (χ3n) is 4.64. The molecule has 2 atom stereocenters. The molecule has 2 unspecified atom stereocenters. The molecule has 1 aliphatic heterocycles. The fourth-order valence-corrected chi connectivity index (χ4v) is 2.93. The van der Waals surface area contributed by atoms with Crippen molar-refractivity contribution in [1.82, 2.24) is 0 Å². The Hall–Kier alpha value is -3.38. The molecule has 0 N–H and O–H groups in total. The molecule has 1 heterocycles. The Morgan fingerprint density at radius 2 is 1.83 bits per heavy atom. The quantitative estimate of drug-likeness (QED) is 0.376. The third kappa shape index (κ3) is 5.15. The number of carbonyl (C=O) groups is 3. The Kier molecular flexibility index (Phi) is 6.69. The van der Waals surface area contributed by atoms with Gasteiger partial charge >= 0.3 is 5.97 Å². The molecule has 0 amide bonds. The second-order valence-corrected chi connectivity index (χ2v) is 7.02. The Labute approximate surface area is 173 Å². The largest absolute Gasteiger partial charge is 0.460 e. The van der Waals surface area contributed by atoms with Crippen molar-refractivity contribution in [2.45, 2.75) is 25.6 Å². The zero-order valence-corrected chi connectivity index (χ0v) is 16.5. The lowest BCUT2D eigenvalue weighted by molar-refractivity contribution is -0.172. The minimum Gasteiger partial charge on any atom is -0.460 e. The lowest BCUT2D eigenvalue weighted by Gasteiger charge is -2.33. The average molecular weight is 408 g/mol. The van der Waals surface area contributed by atoms with Crippen LogP contribution in [0.1, 0.15) is 34.8 Å². The van der Waals surface area contributed by atoms with E-state index in [2.05, 4.69) is 6.58 Å². The highest BCUT2D eigenvalue weighted by molar-refractivity contribution is 6.11. The van der Waals surface area contributed by atoms with Gasteiger partial charge in [-0.1, -0.05) is 36.9 Å². The highest BCUT2D eigenvalue weighted by atomic mass is 19.1. The van der Waals surface area contributed by atoms with Gasteiger partial charge in [0.25, 0.3) is 0 Å². The van der Waals surface area contributed by atoms with Gasteiger partial charge in [0, 0.05) is 23.1 Å². The van der Waals surface area contributed by atoms with E-state index in [0.717, 1.165) is 0 Å². The van der Waals surface area contributed by atoms with Gasteiger partial charge in [-0.05, 0) is 42.8 Å². The van der Waals surface area contributed by atoms with Gasteiger partial charge in [0.1, 0.15) is 18.5 Å². The lowest BCUT2D eigenvalue weighted by Crippen LogP contribution is -2.45. The van der Waals surface area contributed by atoms with Crippen LogP contribution in [0.25, 0.3) is 6.08 Å². The molecule has 0 spiro atoms. The smallest absolute Gasteiger partial charge is 0.333 e. The second-order valence-electron chi connectivity index (χ2n) is 7.02. The number of rotatable bonds is 8. The number of carbonyl (C=O) groups excluding carboxylic acids is 3. The molecule has 1 aliphatic rings. The summed E-state index contributed by atoms with van der Waals surface area (Å²) in [6, 6.07) is 12.2. The summed E-state index contributed by atoms with van der Waals surface area (Å²) >= 11 is 0. The van der Waals surface area contributed by atoms with Crippen LogP contribution in [0.2, 0.25) is 0 Å². The van der Waals surface area contributed by atoms with E-state index >= 15 is 0 Å². The summed E-state index contributed by atoms with van der Waals surface area (Å²) in [5, 5.41) is 0. The Morgan fingerprint density at radius 3 is 2.50 bits per heavy atom. The van der Waals surface area contributed by atoms with Gasteiger partial charge < -0.3 is 9.47 Å². The van der Waals surface area contributed by atoms with Crippen LogP contribution in [0, 0.1) is 5.82 Å². The molecule has 2 aromatic rings. The second kappa shape index (κ2) is 9.41. The first-order chi connectivity index (χ1) is 14.3. The van der Waals surface area contributed by atoms with Gasteiger partial charge in [-0.3, -0.25) is 9.59 Å². The molecule has 6 heteroatoms. The molecule has 30 heavy (non-hydrogen) atoms. The minimum absolute atomic E-state index is 0.0776. The maximum absolute atomic E-state index is 13.1. The van der Waals surface area contributed by atoms with Crippen LogP contribution in [-0.4, -0.2) is 36.4 Å². The molecular weight excluding hydrogens is 387 g/mol. The predicted molar refractivity (Wildman–Crippen MR) is 109 cm³/mol. The van der Waals surface area contributed by atoms with Crippen molar-refractivity contribution in [2.75, 3.05) is 6.61 Å². The maximum Gasteiger partial charge on any atom is 0.333 e. The van der Waals surface area contributed by atoms with E-state index in [1.165, 1.54) is 30.3 Å². The van der Waals surface area contributed by atoms with Crippen molar-refractivity contribution in [3.63, 3.8) is 0 Å². The Balaban J connectivity index is 1.60. The van der Waals surface area contributed by atoms with Crippen LogP contribution in [-0.2, 0) is 19.1 Å². The van der Waals surface area contributed by atoms with E-state index < -0.39 is 17.9 Å². The van der Waals surface area contributed by atoms with E-state index in [-0.39, 0.29) is 24.3 Å². The summed E-state index contributed by atoms with van der Waals surface area (Å²) in [6.07, 6.45) is 2.47. The number of esters is 1. The van der Waals surface area contributed by atoms with Crippen LogP contribution in [0.5, 0.6) is 0 Å². The molecule has 5 nitrogen and oxygen atoms in total. The topological polar surface area (TPSA) is 69.7 Å². The predicted octanol–water partition coefficient (Wildman–Crippen LogP) is 3.92. The minimum atomic E-state index is -0.602. The number of hydrogen-bond donors (Lipinski definition) is 0. The summed E-state index contributed by atoms with van der Waals surface area (Å²) in [5.74, 6) is -1.40. The molecule has 2 aromatic carbocycles. The molecule has 1 saturated heterocycles. The van der Waals surface area contributed by atoms with Gasteiger partial charge in [-0.15, -0.1) is 0 Å². The number of benzene rings is 2. The highest BCUT2D eigenvalue weighted by Gasteiger charge is 2.35. The normalized spacial score (nSPS) is 17.9. The first kappa shape index (κ1) is 21.3. The van der Waals surface area contributed by atoms with E-state index in [1.54, 1.807) is 37.3 Å². The van der Waals surface area contributed by atoms with Crippen LogP contribution in [0.4, 0.5) is 4.39 Å². The standard InChI is InChI=1S/C24H21FO5/c1-15(2)24(28)29-14-19-13-22(30-19)21(26)12-9-16-5-3-4-6-20(16)23(27)17-7-10-18(25)11-8-17/h3-12,19,22H,1,13-14H2,2H3/b12-9+. The van der Waals surface area contributed by atoms with E-state index in [9.17, 15) is 18.8 Å². The van der Waals surface area contributed by atoms with E-state index in [4.69, 9.17) is 9.47 Å². The van der Waals surface area contributed by atoms with E-state index in [0.29, 0.717) is 28.7 Å². The molecule has 1 fully saturated rings. The number of ether oxygens (including phenoxy) is 2. The van der Waals surface area contributed by atoms with Crippen molar-refractivity contribution in [3.8, 4) is 0 Å². The van der Waals surface area contributed by atoms with Crippen LogP contribution >= 0.6 is 0 Å². The summed E-state index contributed by atoms with van der Waals surface area (Å²) in [4.78, 5) is 36.4. The van der Waals surface area contributed by atoms with Crippen molar-refractivity contribution in [1.29, 1.82) is 0 Å². The first-order valence-corrected chi connectivity index (χ1v) is 9.44. The summed E-state index contributed by atoms with van der Waals surface area (Å²) in [6.45, 7) is 5.13. The van der Waals surface area contributed by atoms with Gasteiger partial charge in [0.2, 0.25) is 0 Å². The van der Waals surface area contributed by atoms with Crippen LogP contribution in [0.15, 0.2) is 66.8 Å². The van der Waals surface area contributed by atoms with Crippen LogP contribution in [0.3, 0.4) is 0 Å². The van der Waals surface area contributed by atoms with E-state index in [1.807, 2.05) is 0 Å². The monoisotopic (exact) mass is 408 g/mol. The van der Waals surface area contributed by atoms with Crippen LogP contribution < -0.4 is 0 Å². The summed E-state index contributed by atoms with van der Waals surface area (Å²) in [7, 11) is 0. The third-order valence-corrected chi connectivity index (χ3v) is 4.64. The lowest BCUT2D eigenvalue weighted by atomic mass is 9.96. The molecule has 0 aliphatic carbocycles. The Morgan fingerprint density at radius 1 is 1.17 bits per heavy atom. The van der Waals surface area contributed by atoms with Crippen molar-refractivity contribution < 1.29 is 28.2 Å². The molecule has 0 aromatic heterocycles. The average Bonchev–Trinajstić information content (AvgIpc) is 2.71. The Bertz CT molecular complexity index is 1000. The van der Waals surface area contributed by atoms with Crippen molar-refractivity contribution in [2.24, 2.45) is 0 Å². The number of hydrogen-bond acceptors (Lipinski definition) is 5. The number of ketones is 2. The molecule has 154 valence electrons. The SMILES string of the molecule is C=C(C)C(=O)OCC1CC(C(=O)/C=C/c2ccccc2C(=O)c2ccc(F)cc2)O1. The molecule has 0 radical (unpaired) electrons. The highest BCUT2D eigenvalue weighted by Crippen LogP contribution is 2.23. The van der Waals surface area contributed by atoms with Gasteiger partial charge in [0.15, 0.2) is 11.6 Å². The maximum atomic E-state index is 13.1. The molecular formula is C24H21FO5. The molecule has 3 rings (SSSR count). The van der Waals surface area contributed by atoms with Crippen molar-refractivity contribution in [3.05, 3.63) is 89.3 Å². The van der Waals surface area contributed by atoms with Gasteiger partial charge in [-0.2, -0.15) is 0 Å². The van der Waals surface area contributed by atoms with Gasteiger partial charge in [-0.25, -0.2) is 9.18 Å². The summed E-state index contributed by atoms with van der Waals surface area (Å²) in [5.41, 5.74) is 1.65. The zero-order chi connectivity index (χ0) is 21.7. The summed E-state index contributed by atoms with van der Waals surface area (Å²) < 4.78 is 23.6. The number of halogens is 1. The molecule has 0 bridgehead atoms. The zero-order valence-electron chi connectivity index (χ0n) is 16.5. The first-order valence-electron chi connectivity index (χ1n) is 9.44. The fourth-order valence-electron chi connectivity index (χ4n) is 2.93. The fraction of sp³-hybridized carbons (Fsp3) is 0.208. The van der Waals surface area contributed by atoms with Crippen molar-refractivity contribution >= 4 is 23.6 Å². The molecule has 0 saturated carbocycles. The van der Waals surface area contributed by atoms with Gasteiger partial charge in [0.05, 0.1) is 6.10 Å².